The molecule has 0 aliphatic heterocycles. The van der Waals surface area contributed by atoms with Crippen LogP contribution in [-0.2, 0) is 10.0 Å². The molecule has 2 heterocycles. The summed E-state index contributed by atoms with van der Waals surface area (Å²) in [5, 5.41) is 0.752. The Hall–Kier alpha value is -0.450. The van der Waals surface area contributed by atoms with Gasteiger partial charge in [-0.3, -0.25) is 0 Å². The van der Waals surface area contributed by atoms with Crippen molar-refractivity contribution in [1.29, 1.82) is 0 Å². The van der Waals surface area contributed by atoms with Gasteiger partial charge in [-0.05, 0) is 78.7 Å². The van der Waals surface area contributed by atoms with Gasteiger partial charge in [-0.1, -0.05) is 18.2 Å². The number of fused-ring (bicyclic) bond motifs is 1. The van der Waals surface area contributed by atoms with Crippen molar-refractivity contribution in [3.8, 4) is 0 Å². The normalized spacial score (nSPS) is 12.0. The highest BCUT2D eigenvalue weighted by atomic mass is 127. The Labute approximate surface area is 152 Å². The average molecular weight is 542 g/mol. The average Bonchev–Trinajstić information content (AvgIpc) is 2.77. The van der Waals surface area contributed by atoms with Crippen LogP contribution in [0, 0.1) is 3.70 Å². The van der Waals surface area contributed by atoms with E-state index in [-0.39, 0.29) is 4.90 Å². The fourth-order valence-corrected chi connectivity index (χ4v) is 5.87. The molecule has 0 fully saturated rings. The molecule has 0 N–H and O–H groups in total. The zero-order valence-corrected chi connectivity index (χ0v) is 16.4. The fraction of sp³-hybridized carbons (Fsp3) is 0. The Morgan fingerprint density at radius 1 is 1.10 bits per heavy atom. The standard InChI is InChI=1S/C13H7Br2IN2O2S/c14-10-7-11(15)17-13-9(10)6-12(16)18(13)21(19,20)8-4-2-1-3-5-8/h1-7H. The summed E-state index contributed by atoms with van der Waals surface area (Å²) in [4.78, 5) is 4.55. The topological polar surface area (TPSA) is 52.0 Å². The minimum absolute atomic E-state index is 0.235. The first kappa shape index (κ1) is 15.4. The maximum absolute atomic E-state index is 12.8. The number of benzene rings is 1. The van der Waals surface area contributed by atoms with Crippen LogP contribution in [0.1, 0.15) is 0 Å². The van der Waals surface area contributed by atoms with E-state index in [1.807, 2.05) is 22.6 Å². The molecule has 1 aromatic carbocycles. The molecule has 21 heavy (non-hydrogen) atoms. The van der Waals surface area contributed by atoms with Gasteiger partial charge in [-0.2, -0.15) is 0 Å². The number of aromatic nitrogens is 2. The van der Waals surface area contributed by atoms with Crippen molar-refractivity contribution in [2.75, 3.05) is 0 Å². The highest BCUT2D eigenvalue weighted by Crippen LogP contribution is 2.31. The number of hydrogen-bond acceptors (Lipinski definition) is 3. The summed E-state index contributed by atoms with van der Waals surface area (Å²) in [7, 11) is -3.68. The van der Waals surface area contributed by atoms with Crippen LogP contribution in [0.15, 0.2) is 56.4 Å². The number of halogens is 3. The third kappa shape index (κ3) is 2.66. The zero-order chi connectivity index (χ0) is 15.2. The van der Waals surface area contributed by atoms with Crippen LogP contribution in [0.2, 0.25) is 0 Å². The van der Waals surface area contributed by atoms with E-state index < -0.39 is 10.0 Å². The summed E-state index contributed by atoms with van der Waals surface area (Å²) in [5.74, 6) is 0. The van der Waals surface area contributed by atoms with Crippen molar-refractivity contribution in [3.63, 3.8) is 0 Å². The molecule has 0 spiro atoms. The lowest BCUT2D eigenvalue weighted by molar-refractivity contribution is 0.588. The van der Waals surface area contributed by atoms with Gasteiger partial charge in [0.25, 0.3) is 10.0 Å². The molecule has 0 bridgehead atoms. The summed E-state index contributed by atoms with van der Waals surface area (Å²) < 4.78 is 28.9. The van der Waals surface area contributed by atoms with E-state index in [1.165, 1.54) is 3.97 Å². The van der Waals surface area contributed by atoms with Gasteiger partial charge in [0, 0.05) is 9.86 Å². The molecule has 3 rings (SSSR count). The van der Waals surface area contributed by atoms with Crippen molar-refractivity contribution in [2.24, 2.45) is 0 Å². The van der Waals surface area contributed by atoms with Crippen molar-refractivity contribution in [2.45, 2.75) is 4.90 Å². The van der Waals surface area contributed by atoms with Crippen LogP contribution in [0.25, 0.3) is 11.0 Å². The molecule has 4 nitrogen and oxygen atoms in total. The molecule has 0 saturated carbocycles. The van der Waals surface area contributed by atoms with Gasteiger partial charge in [0.05, 0.1) is 8.60 Å². The molecule has 3 aromatic rings. The van der Waals surface area contributed by atoms with Gasteiger partial charge in [0.1, 0.15) is 4.60 Å². The molecule has 2 aromatic heterocycles. The first-order valence-electron chi connectivity index (χ1n) is 5.75. The summed E-state index contributed by atoms with van der Waals surface area (Å²) in [6.07, 6.45) is 0. The van der Waals surface area contributed by atoms with E-state index >= 15 is 0 Å². The van der Waals surface area contributed by atoms with Gasteiger partial charge in [-0.15, -0.1) is 0 Å². The van der Waals surface area contributed by atoms with Crippen LogP contribution in [0.4, 0.5) is 0 Å². The Bertz CT molecular complexity index is 940. The summed E-state index contributed by atoms with van der Waals surface area (Å²) >= 11 is 8.74. The molecule has 0 radical (unpaired) electrons. The van der Waals surface area contributed by atoms with Crippen molar-refractivity contribution < 1.29 is 8.42 Å². The third-order valence-corrected chi connectivity index (χ3v) is 6.79. The number of nitrogens with zero attached hydrogens (tertiary/aromatic N) is 2. The van der Waals surface area contributed by atoms with Crippen molar-refractivity contribution >= 4 is 75.5 Å². The van der Waals surface area contributed by atoms with Gasteiger partial charge in [0.15, 0.2) is 5.65 Å². The van der Waals surface area contributed by atoms with E-state index in [0.717, 1.165) is 9.86 Å². The zero-order valence-electron chi connectivity index (χ0n) is 10.3. The quantitative estimate of drug-likeness (QED) is 0.357. The van der Waals surface area contributed by atoms with Gasteiger partial charge in [-0.25, -0.2) is 17.4 Å². The second-order valence-electron chi connectivity index (χ2n) is 4.21. The molecular weight excluding hydrogens is 535 g/mol. The monoisotopic (exact) mass is 540 g/mol. The maximum Gasteiger partial charge on any atom is 0.270 e. The van der Waals surface area contributed by atoms with Crippen molar-refractivity contribution in [3.05, 3.63) is 55.2 Å². The Morgan fingerprint density at radius 2 is 1.76 bits per heavy atom. The van der Waals surface area contributed by atoms with Crippen LogP contribution >= 0.6 is 54.5 Å². The SMILES string of the molecule is O=S(=O)(c1ccccc1)n1c(I)cc2c(Br)cc(Br)nc21. The number of hydrogen-bond donors (Lipinski definition) is 0. The first-order chi connectivity index (χ1) is 9.91. The second-order valence-corrected chi connectivity index (χ2v) is 8.77. The highest BCUT2D eigenvalue weighted by molar-refractivity contribution is 14.1. The van der Waals surface area contributed by atoms with Crippen LogP contribution in [0.3, 0.4) is 0 Å². The van der Waals surface area contributed by atoms with E-state index in [1.54, 1.807) is 42.5 Å². The first-order valence-corrected chi connectivity index (χ1v) is 9.85. The van der Waals surface area contributed by atoms with Gasteiger partial charge < -0.3 is 0 Å². The minimum Gasteiger partial charge on any atom is -0.222 e. The molecule has 0 unspecified atom stereocenters. The Morgan fingerprint density at radius 3 is 2.43 bits per heavy atom. The van der Waals surface area contributed by atoms with Gasteiger partial charge >= 0.3 is 0 Å². The van der Waals surface area contributed by atoms with E-state index in [0.29, 0.717) is 14.0 Å². The Kier molecular flexibility index (Phi) is 4.15. The van der Waals surface area contributed by atoms with E-state index in [9.17, 15) is 8.42 Å². The predicted octanol–water partition coefficient (Wildman–Crippen LogP) is 4.40. The highest BCUT2D eigenvalue weighted by Gasteiger charge is 2.24. The molecule has 0 saturated heterocycles. The number of pyridine rings is 1. The second kappa shape index (κ2) is 5.64. The molecule has 0 aliphatic rings. The van der Waals surface area contributed by atoms with E-state index in [4.69, 9.17) is 0 Å². The lowest BCUT2D eigenvalue weighted by atomic mass is 10.3. The molecule has 0 aliphatic carbocycles. The van der Waals surface area contributed by atoms with Crippen LogP contribution in [0.5, 0.6) is 0 Å². The lowest BCUT2D eigenvalue weighted by Gasteiger charge is -2.08. The molecule has 0 amide bonds. The van der Waals surface area contributed by atoms with Gasteiger partial charge in [0.2, 0.25) is 0 Å². The van der Waals surface area contributed by atoms with Crippen LogP contribution in [-0.4, -0.2) is 17.4 Å². The fourth-order valence-electron chi connectivity index (χ4n) is 1.98. The summed E-state index contributed by atoms with van der Waals surface area (Å²) in [6, 6.07) is 11.9. The lowest BCUT2D eigenvalue weighted by Crippen LogP contribution is -2.14. The summed E-state index contributed by atoms with van der Waals surface area (Å²) in [5.41, 5.74) is 0.393. The minimum atomic E-state index is -3.68. The Balaban J connectivity index is 2.38. The molecule has 0 atom stereocenters. The molecule has 108 valence electrons. The largest absolute Gasteiger partial charge is 0.270 e. The summed E-state index contributed by atoms with van der Waals surface area (Å²) in [6.45, 7) is 0. The van der Waals surface area contributed by atoms with Crippen molar-refractivity contribution in [1.82, 2.24) is 8.96 Å². The third-order valence-electron chi connectivity index (χ3n) is 2.89. The van der Waals surface area contributed by atoms with Crippen LogP contribution < -0.4 is 0 Å². The predicted molar refractivity (Wildman–Crippen MR) is 96.9 cm³/mol. The molecular formula is C13H7Br2IN2O2S. The smallest absolute Gasteiger partial charge is 0.222 e. The molecule has 8 heteroatoms. The maximum atomic E-state index is 12.8. The van der Waals surface area contributed by atoms with E-state index in [2.05, 4.69) is 36.8 Å². The number of rotatable bonds is 2.